The van der Waals surface area contributed by atoms with Gasteiger partial charge in [0.15, 0.2) is 0 Å². The molecule has 0 aliphatic heterocycles. The number of benzene rings is 2. The average molecular weight is 319 g/mol. The van der Waals surface area contributed by atoms with E-state index in [0.717, 1.165) is 23.4 Å². The zero-order valence-corrected chi connectivity index (χ0v) is 13.9. The second-order valence-electron chi connectivity index (χ2n) is 5.81. The van der Waals surface area contributed by atoms with Gasteiger partial charge in [0.2, 0.25) is 0 Å². The van der Waals surface area contributed by atoms with Gasteiger partial charge < -0.3 is 5.32 Å². The van der Waals surface area contributed by atoms with Crippen LogP contribution in [0.2, 0.25) is 0 Å². The third-order valence-corrected chi connectivity index (χ3v) is 4.00. The van der Waals surface area contributed by atoms with E-state index in [9.17, 15) is 4.79 Å². The van der Waals surface area contributed by atoms with Crippen LogP contribution in [0.25, 0.3) is 16.9 Å². The molecule has 1 unspecified atom stereocenters. The summed E-state index contributed by atoms with van der Waals surface area (Å²) in [5.41, 5.74) is 3.19. The largest absolute Gasteiger partial charge is 0.348 e. The van der Waals surface area contributed by atoms with Gasteiger partial charge >= 0.3 is 0 Å². The molecule has 3 aromatic rings. The van der Waals surface area contributed by atoms with Gasteiger partial charge in [-0.3, -0.25) is 4.79 Å². The molecule has 122 valence electrons. The molecule has 0 saturated carbocycles. The maximum atomic E-state index is 12.7. The highest BCUT2D eigenvalue weighted by Crippen LogP contribution is 2.21. The van der Waals surface area contributed by atoms with Crippen LogP contribution in [0.15, 0.2) is 66.7 Å². The number of amides is 1. The molecule has 0 aliphatic carbocycles. The molecular weight excluding hydrogens is 298 g/mol. The van der Waals surface area contributed by atoms with Crippen molar-refractivity contribution in [3.8, 4) is 16.9 Å². The van der Waals surface area contributed by atoms with Crippen LogP contribution in [0.4, 0.5) is 0 Å². The predicted molar refractivity (Wildman–Crippen MR) is 96.2 cm³/mol. The molecule has 1 aromatic heterocycles. The Bertz CT molecular complexity index is 809. The second kappa shape index (κ2) is 7.13. The first-order valence-corrected chi connectivity index (χ1v) is 8.21. The van der Waals surface area contributed by atoms with Crippen LogP contribution in [-0.2, 0) is 0 Å². The van der Waals surface area contributed by atoms with Gasteiger partial charge in [0, 0.05) is 11.6 Å². The summed E-state index contributed by atoms with van der Waals surface area (Å²) in [6, 6.07) is 21.6. The van der Waals surface area contributed by atoms with Crippen molar-refractivity contribution >= 4 is 5.91 Å². The van der Waals surface area contributed by atoms with Crippen LogP contribution in [0.3, 0.4) is 0 Å². The Morgan fingerprint density at radius 3 is 2.33 bits per heavy atom. The number of aromatic nitrogens is 2. The lowest BCUT2D eigenvalue weighted by molar-refractivity contribution is 0.0931. The van der Waals surface area contributed by atoms with Crippen molar-refractivity contribution in [2.45, 2.75) is 26.3 Å². The van der Waals surface area contributed by atoms with Gasteiger partial charge in [-0.25, -0.2) is 4.68 Å². The molecule has 0 saturated heterocycles. The van der Waals surface area contributed by atoms with Gasteiger partial charge in [0.1, 0.15) is 5.69 Å². The van der Waals surface area contributed by atoms with Gasteiger partial charge in [-0.2, -0.15) is 5.10 Å². The molecule has 0 fully saturated rings. The Morgan fingerprint density at radius 2 is 1.71 bits per heavy atom. The fraction of sp³-hybridized carbons (Fsp3) is 0.200. The maximum absolute atomic E-state index is 12.7. The molecule has 1 amide bonds. The Hall–Kier alpha value is -2.88. The van der Waals surface area contributed by atoms with E-state index >= 15 is 0 Å². The molecule has 1 atom stereocenters. The summed E-state index contributed by atoms with van der Waals surface area (Å²) in [6.07, 6.45) is 0.886. The molecule has 3 rings (SSSR count). The predicted octanol–water partition coefficient (Wildman–Crippen LogP) is 4.07. The van der Waals surface area contributed by atoms with Crippen molar-refractivity contribution in [3.05, 3.63) is 72.4 Å². The van der Waals surface area contributed by atoms with Gasteiger partial charge in [0.25, 0.3) is 5.91 Å². The second-order valence-corrected chi connectivity index (χ2v) is 5.81. The minimum Gasteiger partial charge on any atom is -0.348 e. The maximum Gasteiger partial charge on any atom is 0.270 e. The van der Waals surface area contributed by atoms with Gasteiger partial charge in [-0.15, -0.1) is 0 Å². The van der Waals surface area contributed by atoms with E-state index in [-0.39, 0.29) is 11.9 Å². The smallest absolute Gasteiger partial charge is 0.270 e. The average Bonchev–Trinajstić information content (AvgIpc) is 3.08. The summed E-state index contributed by atoms with van der Waals surface area (Å²) in [4.78, 5) is 12.7. The molecular formula is C20H21N3O. The van der Waals surface area contributed by atoms with E-state index in [1.165, 1.54) is 0 Å². The van der Waals surface area contributed by atoms with Gasteiger partial charge in [0.05, 0.1) is 11.4 Å². The summed E-state index contributed by atoms with van der Waals surface area (Å²) in [5, 5.41) is 7.68. The first-order valence-electron chi connectivity index (χ1n) is 8.21. The fourth-order valence-corrected chi connectivity index (χ4v) is 2.46. The first-order chi connectivity index (χ1) is 11.7. The lowest BCUT2D eigenvalue weighted by atomic mass is 10.1. The standard InChI is InChI=1S/C20H21N3O/c1-3-15(2)21-20(24)19-14-18(16-10-6-4-7-11-16)22-23(19)17-12-8-5-9-13-17/h4-15H,3H2,1-2H3,(H,21,24). The Balaban J connectivity index is 2.05. The zero-order chi connectivity index (χ0) is 16.9. The molecule has 1 heterocycles. The van der Waals surface area contributed by atoms with E-state index in [1.54, 1.807) is 4.68 Å². The summed E-state index contributed by atoms with van der Waals surface area (Å²) < 4.78 is 1.71. The molecule has 24 heavy (non-hydrogen) atoms. The van der Waals surface area contributed by atoms with E-state index in [2.05, 4.69) is 17.3 Å². The van der Waals surface area contributed by atoms with E-state index in [1.807, 2.05) is 73.7 Å². The van der Waals surface area contributed by atoms with Crippen LogP contribution in [-0.4, -0.2) is 21.7 Å². The minimum absolute atomic E-state index is 0.108. The first kappa shape index (κ1) is 16.0. The molecule has 0 bridgehead atoms. The lowest BCUT2D eigenvalue weighted by Gasteiger charge is -2.12. The number of para-hydroxylation sites is 1. The SMILES string of the molecule is CCC(C)NC(=O)c1cc(-c2ccccc2)nn1-c1ccccc1. The van der Waals surface area contributed by atoms with Crippen LogP contribution >= 0.6 is 0 Å². The molecule has 0 aliphatic rings. The van der Waals surface area contributed by atoms with Crippen molar-refractivity contribution in [1.82, 2.24) is 15.1 Å². The van der Waals surface area contributed by atoms with E-state index < -0.39 is 0 Å². The number of carbonyl (C=O) groups is 1. The van der Waals surface area contributed by atoms with Crippen LogP contribution in [0, 0.1) is 0 Å². The molecule has 0 spiro atoms. The number of nitrogens with one attached hydrogen (secondary N) is 1. The summed E-state index contributed by atoms with van der Waals surface area (Å²) in [7, 11) is 0. The number of carbonyl (C=O) groups excluding carboxylic acids is 1. The van der Waals surface area contributed by atoms with Crippen molar-refractivity contribution in [2.24, 2.45) is 0 Å². The zero-order valence-electron chi connectivity index (χ0n) is 13.9. The van der Waals surface area contributed by atoms with E-state index in [0.29, 0.717) is 5.69 Å². The molecule has 0 radical (unpaired) electrons. The number of nitrogens with zero attached hydrogens (tertiary/aromatic N) is 2. The Labute approximate surface area is 142 Å². The normalized spacial score (nSPS) is 11.9. The summed E-state index contributed by atoms with van der Waals surface area (Å²) in [6.45, 7) is 4.05. The highest BCUT2D eigenvalue weighted by molar-refractivity contribution is 5.94. The number of hydrogen-bond donors (Lipinski definition) is 1. The number of rotatable bonds is 5. The van der Waals surface area contributed by atoms with Crippen molar-refractivity contribution in [2.75, 3.05) is 0 Å². The monoisotopic (exact) mass is 319 g/mol. The molecule has 4 nitrogen and oxygen atoms in total. The highest BCUT2D eigenvalue weighted by atomic mass is 16.2. The topological polar surface area (TPSA) is 46.9 Å². The van der Waals surface area contributed by atoms with Crippen molar-refractivity contribution in [1.29, 1.82) is 0 Å². The van der Waals surface area contributed by atoms with Crippen molar-refractivity contribution < 1.29 is 4.79 Å². The fourth-order valence-electron chi connectivity index (χ4n) is 2.46. The van der Waals surface area contributed by atoms with Crippen LogP contribution in [0.1, 0.15) is 30.8 Å². The third kappa shape index (κ3) is 3.38. The summed E-state index contributed by atoms with van der Waals surface area (Å²) in [5.74, 6) is -0.108. The lowest BCUT2D eigenvalue weighted by Crippen LogP contribution is -2.33. The van der Waals surface area contributed by atoms with Crippen LogP contribution < -0.4 is 5.32 Å². The summed E-state index contributed by atoms with van der Waals surface area (Å²) >= 11 is 0. The molecule has 4 heteroatoms. The third-order valence-electron chi connectivity index (χ3n) is 4.00. The van der Waals surface area contributed by atoms with E-state index in [4.69, 9.17) is 0 Å². The number of hydrogen-bond acceptors (Lipinski definition) is 2. The van der Waals surface area contributed by atoms with Crippen LogP contribution in [0.5, 0.6) is 0 Å². The molecule has 1 N–H and O–H groups in total. The quantitative estimate of drug-likeness (QED) is 0.770. The Morgan fingerprint density at radius 1 is 1.08 bits per heavy atom. The van der Waals surface area contributed by atoms with Crippen molar-refractivity contribution in [3.63, 3.8) is 0 Å². The minimum atomic E-state index is -0.108. The van der Waals surface area contributed by atoms with Gasteiger partial charge in [-0.05, 0) is 31.5 Å². The molecule has 2 aromatic carbocycles. The highest BCUT2D eigenvalue weighted by Gasteiger charge is 2.18. The van der Waals surface area contributed by atoms with Gasteiger partial charge in [-0.1, -0.05) is 55.5 Å². The Kier molecular flexibility index (Phi) is 4.75.